The zero-order valence-electron chi connectivity index (χ0n) is 12.2. The number of allylic oxidation sites excluding steroid dienone is 4. The van der Waals surface area contributed by atoms with E-state index in [1.54, 1.807) is 0 Å². The monoisotopic (exact) mass is 414 g/mol. The first-order chi connectivity index (χ1) is 11.4. The minimum absolute atomic E-state index is 0.305. The van der Waals surface area contributed by atoms with Crippen molar-refractivity contribution in [3.63, 3.8) is 0 Å². The van der Waals surface area contributed by atoms with Crippen LogP contribution in [0.15, 0.2) is 70.7 Å². The van der Waals surface area contributed by atoms with Gasteiger partial charge in [-0.3, -0.25) is 0 Å². The van der Waals surface area contributed by atoms with Crippen molar-refractivity contribution in [2.45, 2.75) is 9.21 Å². The fourth-order valence-electron chi connectivity index (χ4n) is 3.60. The number of hydrogen-bond donors (Lipinski definition) is 0. The van der Waals surface area contributed by atoms with Gasteiger partial charge in [-0.2, -0.15) is 0 Å². The maximum absolute atomic E-state index is 6.98. The third-order valence-corrected chi connectivity index (χ3v) is 7.60. The summed E-state index contributed by atoms with van der Waals surface area (Å²) >= 11 is 33.4. The molecule has 0 amide bonds. The van der Waals surface area contributed by atoms with E-state index in [2.05, 4.69) is 0 Å². The zero-order chi connectivity index (χ0) is 17.1. The van der Waals surface area contributed by atoms with Crippen LogP contribution in [0.3, 0.4) is 0 Å². The molecule has 122 valence electrons. The quantitative estimate of drug-likeness (QED) is 0.459. The second kappa shape index (κ2) is 5.69. The van der Waals surface area contributed by atoms with E-state index in [1.807, 2.05) is 60.7 Å². The minimum atomic E-state index is -1.35. The Hall–Kier alpha value is -0.630. The van der Waals surface area contributed by atoms with Crippen LogP contribution >= 0.6 is 58.0 Å². The molecule has 4 rings (SSSR count). The van der Waals surface area contributed by atoms with E-state index in [0.29, 0.717) is 10.1 Å². The first kappa shape index (κ1) is 16.8. The molecule has 2 atom stereocenters. The van der Waals surface area contributed by atoms with Crippen molar-refractivity contribution in [1.29, 1.82) is 0 Å². The Morgan fingerprint density at radius 3 is 1.75 bits per heavy atom. The van der Waals surface area contributed by atoms with Gasteiger partial charge in [-0.25, -0.2) is 0 Å². The van der Waals surface area contributed by atoms with Gasteiger partial charge >= 0.3 is 0 Å². The average molecular weight is 417 g/mol. The van der Waals surface area contributed by atoms with E-state index in [4.69, 9.17) is 58.0 Å². The van der Waals surface area contributed by atoms with Gasteiger partial charge in [0.1, 0.15) is 4.87 Å². The van der Waals surface area contributed by atoms with E-state index in [1.165, 1.54) is 0 Å². The molecule has 2 aromatic carbocycles. The van der Waals surface area contributed by atoms with Crippen molar-refractivity contribution in [2.24, 2.45) is 5.92 Å². The summed E-state index contributed by atoms with van der Waals surface area (Å²) < 4.78 is -1.35. The molecular weight excluding hydrogens is 405 g/mol. The number of hydrogen-bond acceptors (Lipinski definition) is 0. The van der Waals surface area contributed by atoms with Gasteiger partial charge in [0.25, 0.3) is 0 Å². The minimum Gasteiger partial charge on any atom is -0.104 e. The molecule has 0 nitrogen and oxygen atoms in total. The first-order valence-corrected chi connectivity index (χ1v) is 9.27. The predicted octanol–water partition coefficient (Wildman–Crippen LogP) is 7.08. The number of alkyl halides is 3. The van der Waals surface area contributed by atoms with Gasteiger partial charge in [-0.05, 0) is 22.3 Å². The summed E-state index contributed by atoms with van der Waals surface area (Å²) in [7, 11) is 0. The molecule has 5 heteroatoms. The second-order valence-corrected chi connectivity index (χ2v) is 8.64. The molecule has 0 aromatic heterocycles. The standard InChI is InChI=1S/C19H11Cl5/c20-16-15-13(11-7-3-1-4-8-11)14(12-9-5-2-6-10-12)18(22,17(16)21)19(15,23)24/h1-10,15H/t15-,18-/m0/s1. The molecule has 0 saturated carbocycles. The fourth-order valence-corrected chi connectivity index (χ4v) is 5.86. The van der Waals surface area contributed by atoms with E-state index < -0.39 is 15.1 Å². The molecule has 2 bridgehead atoms. The summed E-state index contributed by atoms with van der Waals surface area (Å²) in [5, 5.41) is 0.717. The lowest BCUT2D eigenvalue weighted by Gasteiger charge is -2.31. The molecular formula is C19H11Cl5. The van der Waals surface area contributed by atoms with Crippen LogP contribution in [-0.4, -0.2) is 9.21 Å². The van der Waals surface area contributed by atoms with E-state index >= 15 is 0 Å². The molecule has 0 unspecified atom stereocenters. The topological polar surface area (TPSA) is 0 Å². The number of fused-ring (bicyclic) bond motifs is 2. The molecule has 2 aliphatic carbocycles. The lowest BCUT2D eigenvalue weighted by atomic mass is 9.87. The Labute approximate surface area is 165 Å². The molecule has 2 aromatic rings. The summed E-state index contributed by atoms with van der Waals surface area (Å²) in [6.07, 6.45) is 0. The molecule has 0 radical (unpaired) electrons. The normalized spacial score (nSPS) is 28.0. The van der Waals surface area contributed by atoms with Crippen molar-refractivity contribution in [1.82, 2.24) is 0 Å². The van der Waals surface area contributed by atoms with Gasteiger partial charge in [0.05, 0.1) is 11.0 Å². The SMILES string of the molecule is ClC1=C(Cl)[C@@]2(Cl)C(c3ccccc3)=C(c3ccccc3)[C@@H]1C2(Cl)Cl. The number of rotatable bonds is 2. The lowest BCUT2D eigenvalue weighted by Crippen LogP contribution is -2.37. The Kier molecular flexibility index (Phi) is 3.99. The van der Waals surface area contributed by atoms with Gasteiger partial charge in [0, 0.05) is 5.03 Å². The largest absolute Gasteiger partial charge is 0.158 e. The van der Waals surface area contributed by atoms with Crippen LogP contribution in [0.25, 0.3) is 11.1 Å². The fraction of sp³-hybridized carbons (Fsp3) is 0.158. The summed E-state index contributed by atoms with van der Waals surface area (Å²) in [6, 6.07) is 19.7. The van der Waals surface area contributed by atoms with Gasteiger partial charge in [-0.15, -0.1) is 11.6 Å². The number of benzene rings is 2. The third kappa shape index (κ3) is 2.01. The average Bonchev–Trinajstić information content (AvgIpc) is 2.86. The van der Waals surface area contributed by atoms with Crippen LogP contribution in [0, 0.1) is 5.92 Å². The molecule has 0 fully saturated rings. The Bertz CT molecular complexity index is 867. The zero-order valence-corrected chi connectivity index (χ0v) is 16.0. The van der Waals surface area contributed by atoms with Crippen molar-refractivity contribution < 1.29 is 0 Å². The predicted molar refractivity (Wildman–Crippen MR) is 105 cm³/mol. The summed E-state index contributed by atoms with van der Waals surface area (Å²) in [5.74, 6) is -0.467. The highest BCUT2D eigenvalue weighted by atomic mass is 35.5. The molecule has 24 heavy (non-hydrogen) atoms. The summed E-state index contributed by atoms with van der Waals surface area (Å²) in [6.45, 7) is 0. The van der Waals surface area contributed by atoms with Crippen LogP contribution in [0.1, 0.15) is 11.1 Å². The van der Waals surface area contributed by atoms with Crippen LogP contribution in [0.5, 0.6) is 0 Å². The Morgan fingerprint density at radius 2 is 1.21 bits per heavy atom. The van der Waals surface area contributed by atoms with E-state index in [0.717, 1.165) is 22.3 Å². The van der Waals surface area contributed by atoms with Crippen molar-refractivity contribution in [3.8, 4) is 0 Å². The maximum Gasteiger partial charge on any atom is 0.158 e. The molecule has 0 aliphatic heterocycles. The summed E-state index contributed by atoms with van der Waals surface area (Å²) in [4.78, 5) is -1.27. The van der Waals surface area contributed by atoms with Crippen molar-refractivity contribution in [2.75, 3.05) is 0 Å². The molecule has 0 N–H and O–H groups in total. The third-order valence-electron chi connectivity index (χ3n) is 4.64. The molecule has 0 spiro atoms. The van der Waals surface area contributed by atoms with Crippen LogP contribution in [-0.2, 0) is 0 Å². The maximum atomic E-state index is 6.98. The van der Waals surface area contributed by atoms with Gasteiger partial charge in [0.15, 0.2) is 4.33 Å². The Balaban J connectivity index is 2.07. The van der Waals surface area contributed by atoms with Crippen LogP contribution in [0.4, 0.5) is 0 Å². The second-order valence-electron chi connectivity index (χ2n) is 5.90. The molecule has 0 saturated heterocycles. The smallest absolute Gasteiger partial charge is 0.104 e. The Morgan fingerprint density at radius 1 is 0.708 bits per heavy atom. The summed E-state index contributed by atoms with van der Waals surface area (Å²) in [5.41, 5.74) is 3.66. The first-order valence-electron chi connectivity index (χ1n) is 7.38. The molecule has 0 heterocycles. The highest BCUT2D eigenvalue weighted by Gasteiger charge is 2.70. The van der Waals surface area contributed by atoms with E-state index in [-0.39, 0.29) is 0 Å². The molecule has 2 aliphatic rings. The van der Waals surface area contributed by atoms with Crippen molar-refractivity contribution >= 4 is 69.2 Å². The highest BCUT2D eigenvalue weighted by Crippen LogP contribution is 2.73. The number of halogens is 5. The van der Waals surface area contributed by atoms with Gasteiger partial charge < -0.3 is 0 Å². The van der Waals surface area contributed by atoms with E-state index in [9.17, 15) is 0 Å². The van der Waals surface area contributed by atoms with Crippen LogP contribution < -0.4 is 0 Å². The highest BCUT2D eigenvalue weighted by molar-refractivity contribution is 6.64. The van der Waals surface area contributed by atoms with Crippen LogP contribution in [0.2, 0.25) is 0 Å². The lowest BCUT2D eigenvalue weighted by molar-refractivity contribution is 0.704. The van der Waals surface area contributed by atoms with Gasteiger partial charge in [0.2, 0.25) is 0 Å². The van der Waals surface area contributed by atoms with Crippen molar-refractivity contribution in [3.05, 3.63) is 81.9 Å². The van der Waals surface area contributed by atoms with Gasteiger partial charge in [-0.1, -0.05) is 107 Å².